The van der Waals surface area contributed by atoms with Gasteiger partial charge in [0.15, 0.2) is 11.4 Å². The maximum absolute atomic E-state index is 13.1. The number of hydrazone groups is 2. The summed E-state index contributed by atoms with van der Waals surface area (Å²) in [5.41, 5.74) is -1.47. The summed E-state index contributed by atoms with van der Waals surface area (Å²) in [5.74, 6) is -5.53. The van der Waals surface area contributed by atoms with Crippen LogP contribution < -0.4 is 15.3 Å². The van der Waals surface area contributed by atoms with Gasteiger partial charge in [-0.15, -0.1) is 0 Å². The molecule has 4 aromatic carbocycles. The Morgan fingerprint density at radius 2 is 1.11 bits per heavy atom. The standard InChI is InChI=1S/C33H21N11O11.2Na/c45-29(17-10-12-18(13-11-17)35-37-25-27(32(48)49)39-41(30(25)46)21-6-2-8-23(15-21)43(52)53)34-19-4-1-5-20(14-19)36-38-26-28(33(50)51)40-42(31(26)47)22-7-3-9-24(16-22)44(54)55;;/h1-16,25-26H,(H,34,45)(H,48,49)(H,50,51);;. The average Bonchev–Trinajstić information content (AvgIpc) is 3.69. The summed E-state index contributed by atoms with van der Waals surface area (Å²) in [7, 11) is 0. The summed E-state index contributed by atoms with van der Waals surface area (Å²) in [5, 5.41) is 68.7. The normalized spacial score (nSPS) is 16.1. The molecule has 0 aliphatic carbocycles. The van der Waals surface area contributed by atoms with Gasteiger partial charge in [0.1, 0.15) is 0 Å². The van der Waals surface area contributed by atoms with Crippen LogP contribution in [0.1, 0.15) is 10.4 Å². The van der Waals surface area contributed by atoms with Crippen molar-refractivity contribution in [2.75, 3.05) is 15.3 Å². The van der Waals surface area contributed by atoms with Crippen LogP contribution in [0.5, 0.6) is 0 Å². The number of nitrogens with zero attached hydrogens (tertiary/aromatic N) is 10. The van der Waals surface area contributed by atoms with Gasteiger partial charge in [-0.25, -0.2) is 9.59 Å². The molecule has 2 aliphatic rings. The minimum atomic E-state index is -1.67. The predicted octanol–water partition coefficient (Wildman–Crippen LogP) is 3.87. The molecule has 6 rings (SSSR count). The Morgan fingerprint density at radius 3 is 1.56 bits per heavy atom. The number of azo groups is 2. The molecule has 4 aromatic rings. The molecule has 3 N–H and O–H groups in total. The van der Waals surface area contributed by atoms with E-state index in [2.05, 4.69) is 36.0 Å². The molecule has 2 unspecified atom stereocenters. The number of amides is 3. The Labute approximate surface area is 362 Å². The first kappa shape index (κ1) is 43.3. The minimum Gasteiger partial charge on any atom is -0.477 e. The van der Waals surface area contributed by atoms with Crippen molar-refractivity contribution in [1.82, 2.24) is 0 Å². The number of nitrogens with one attached hydrogen (secondary N) is 1. The number of aliphatic carboxylic acids is 2. The summed E-state index contributed by atoms with van der Waals surface area (Å²) in [6, 6.07) is 17.8. The van der Waals surface area contributed by atoms with Crippen molar-refractivity contribution >= 4 is 140 Å². The number of benzene rings is 4. The fourth-order valence-corrected chi connectivity index (χ4v) is 5.04. The van der Waals surface area contributed by atoms with E-state index in [-0.39, 0.29) is 104 Å². The number of nitro benzene ring substituents is 2. The van der Waals surface area contributed by atoms with Gasteiger partial charge < -0.3 is 15.5 Å². The Bertz CT molecular complexity index is 2440. The predicted molar refractivity (Wildman–Crippen MR) is 200 cm³/mol. The second-order valence-electron chi connectivity index (χ2n) is 11.2. The maximum atomic E-state index is 13.1. The summed E-state index contributed by atoms with van der Waals surface area (Å²) in [4.78, 5) is 83.7. The Morgan fingerprint density at radius 1 is 0.649 bits per heavy atom. The van der Waals surface area contributed by atoms with E-state index in [1.807, 2.05) is 0 Å². The first-order valence-electron chi connectivity index (χ1n) is 15.4. The number of carbonyl (C=O) groups excluding carboxylic acids is 3. The largest absolute Gasteiger partial charge is 0.477 e. The van der Waals surface area contributed by atoms with Crippen LogP contribution in [0.3, 0.4) is 0 Å². The number of rotatable bonds is 12. The zero-order valence-electron chi connectivity index (χ0n) is 29.4. The van der Waals surface area contributed by atoms with Crippen molar-refractivity contribution in [2.45, 2.75) is 12.1 Å². The van der Waals surface area contributed by atoms with Gasteiger partial charge in [-0.1, -0.05) is 18.2 Å². The van der Waals surface area contributed by atoms with Crippen LogP contribution in [0.4, 0.5) is 39.8 Å². The van der Waals surface area contributed by atoms with Gasteiger partial charge in [0.2, 0.25) is 12.1 Å². The number of carboxylic acids is 2. The second-order valence-corrected chi connectivity index (χ2v) is 11.2. The van der Waals surface area contributed by atoms with Crippen LogP contribution in [0.15, 0.2) is 128 Å². The van der Waals surface area contributed by atoms with E-state index in [0.717, 1.165) is 12.1 Å². The smallest absolute Gasteiger partial charge is 0.355 e. The molecule has 22 nitrogen and oxygen atoms in total. The van der Waals surface area contributed by atoms with Gasteiger partial charge in [-0.05, 0) is 54.6 Å². The summed E-state index contributed by atoms with van der Waals surface area (Å²) >= 11 is 0. The number of hydrogen-bond donors (Lipinski definition) is 3. The number of non-ortho nitro benzene ring substituents is 2. The third-order valence-electron chi connectivity index (χ3n) is 7.64. The Kier molecular flexibility index (Phi) is 14.0. The molecule has 0 bridgehead atoms. The second kappa shape index (κ2) is 18.5. The topological polar surface area (TPSA) is 305 Å². The molecular formula is C33H21N11Na2O11. The first-order chi connectivity index (χ1) is 26.3. The van der Waals surface area contributed by atoms with Gasteiger partial charge in [0, 0.05) is 94.6 Å². The van der Waals surface area contributed by atoms with E-state index < -0.39 is 63.0 Å². The first-order valence-corrected chi connectivity index (χ1v) is 15.4. The summed E-state index contributed by atoms with van der Waals surface area (Å²) < 4.78 is 0. The van der Waals surface area contributed by atoms with Crippen LogP contribution in [-0.4, -0.2) is 132 Å². The van der Waals surface area contributed by atoms with Gasteiger partial charge in [0.25, 0.3) is 29.1 Å². The Balaban J connectivity index is 0.00000360. The monoisotopic (exact) mass is 793 g/mol. The molecule has 2 heterocycles. The van der Waals surface area contributed by atoms with Gasteiger partial charge in [0.05, 0.1) is 32.6 Å². The van der Waals surface area contributed by atoms with Crippen molar-refractivity contribution in [3.05, 3.63) is 123 Å². The molecule has 0 aromatic heterocycles. The quantitative estimate of drug-likeness (QED) is 0.0800. The number of anilines is 3. The van der Waals surface area contributed by atoms with Crippen LogP contribution >= 0.6 is 0 Å². The molecule has 0 saturated heterocycles. The van der Waals surface area contributed by atoms with Crippen molar-refractivity contribution in [3.8, 4) is 0 Å². The number of hydrogen-bond acceptors (Lipinski definition) is 15. The molecule has 2 atom stereocenters. The van der Waals surface area contributed by atoms with E-state index >= 15 is 0 Å². The fraction of sp³-hybridized carbons (Fsp3) is 0.0606. The van der Waals surface area contributed by atoms with E-state index in [0.29, 0.717) is 10.0 Å². The minimum absolute atomic E-state index is 0. The fourth-order valence-electron chi connectivity index (χ4n) is 5.04. The molecule has 57 heavy (non-hydrogen) atoms. The maximum Gasteiger partial charge on any atom is 0.355 e. The van der Waals surface area contributed by atoms with Crippen LogP contribution in [0.25, 0.3) is 0 Å². The zero-order valence-corrected chi connectivity index (χ0v) is 33.4. The molecular weight excluding hydrogens is 772 g/mol. The number of carboxylic acid groups (broad SMARTS) is 2. The summed E-state index contributed by atoms with van der Waals surface area (Å²) in [6.07, 6.45) is 0. The molecule has 2 radical (unpaired) electrons. The van der Waals surface area contributed by atoms with E-state index in [1.165, 1.54) is 84.9 Å². The van der Waals surface area contributed by atoms with Gasteiger partial charge in [-0.3, -0.25) is 34.6 Å². The molecule has 276 valence electrons. The van der Waals surface area contributed by atoms with Crippen LogP contribution in [0, 0.1) is 20.2 Å². The van der Waals surface area contributed by atoms with E-state index in [9.17, 15) is 54.4 Å². The van der Waals surface area contributed by atoms with Crippen molar-refractivity contribution in [2.24, 2.45) is 30.7 Å². The zero-order chi connectivity index (χ0) is 39.4. The van der Waals surface area contributed by atoms with Gasteiger partial charge in [-0.2, -0.15) is 40.7 Å². The molecule has 0 saturated carbocycles. The third kappa shape index (κ3) is 9.69. The van der Waals surface area contributed by atoms with Gasteiger partial charge >= 0.3 is 11.9 Å². The molecule has 2 aliphatic heterocycles. The summed E-state index contributed by atoms with van der Waals surface area (Å²) in [6.45, 7) is 0. The molecule has 3 amide bonds. The molecule has 0 spiro atoms. The number of nitro groups is 2. The third-order valence-corrected chi connectivity index (χ3v) is 7.64. The van der Waals surface area contributed by atoms with Crippen molar-refractivity contribution in [3.63, 3.8) is 0 Å². The van der Waals surface area contributed by atoms with E-state index in [4.69, 9.17) is 0 Å². The molecule has 0 fully saturated rings. The van der Waals surface area contributed by atoms with Crippen molar-refractivity contribution < 1.29 is 44.0 Å². The molecule has 24 heteroatoms. The van der Waals surface area contributed by atoms with Crippen LogP contribution in [-0.2, 0) is 19.2 Å². The average molecular weight is 794 g/mol. The Hall–Kier alpha value is -6.43. The SMILES string of the molecule is O=C(O)C1=NN(c2cccc([N+](=O)[O-])c2)C(=O)C1N=Nc1ccc(C(=O)Nc2cccc(N=NC3C(=O)N(c4cccc([N+](=O)[O-])c4)N=C3C(=O)O)c2)cc1.[Na].[Na]. The van der Waals surface area contributed by atoms with Crippen LogP contribution in [0.2, 0.25) is 0 Å². The number of carbonyl (C=O) groups is 5. The van der Waals surface area contributed by atoms with E-state index in [1.54, 1.807) is 0 Å². The van der Waals surface area contributed by atoms with Crippen molar-refractivity contribution in [1.29, 1.82) is 0 Å².